The highest BCUT2D eigenvalue weighted by atomic mass is 16.5. The molecule has 0 unspecified atom stereocenters. The van der Waals surface area contributed by atoms with Crippen LogP contribution in [-0.2, 0) is 19.8 Å². The molecular weight excluding hydrogens is 262 g/mol. The fourth-order valence-electron chi connectivity index (χ4n) is 1.93. The van der Waals surface area contributed by atoms with Crippen molar-refractivity contribution in [2.24, 2.45) is 0 Å². The van der Waals surface area contributed by atoms with E-state index >= 15 is 0 Å². The molecule has 0 saturated heterocycles. The second kappa shape index (κ2) is 7.81. The minimum absolute atomic E-state index is 0.0764. The second-order valence-electron chi connectivity index (χ2n) is 5.44. The topological polar surface area (TPSA) is 41.5 Å². The maximum absolute atomic E-state index is 9.00. The molecule has 0 spiro atoms. The van der Waals surface area contributed by atoms with Crippen LogP contribution in [0.5, 0.6) is 5.75 Å². The molecule has 0 heterocycles. The van der Waals surface area contributed by atoms with Gasteiger partial charge in [0.1, 0.15) is 12.4 Å². The highest BCUT2D eigenvalue weighted by Crippen LogP contribution is 2.14. The van der Waals surface area contributed by atoms with E-state index in [1.807, 2.05) is 36.4 Å². The molecule has 0 aliphatic carbocycles. The van der Waals surface area contributed by atoms with E-state index in [1.54, 1.807) is 0 Å². The minimum atomic E-state index is 0.0764. The fourth-order valence-corrected chi connectivity index (χ4v) is 1.93. The monoisotopic (exact) mass is 285 g/mol. The summed E-state index contributed by atoms with van der Waals surface area (Å²) < 4.78 is 5.76. The Bertz CT molecular complexity index is 532. The molecule has 0 amide bonds. The van der Waals surface area contributed by atoms with E-state index in [2.05, 4.69) is 31.3 Å². The van der Waals surface area contributed by atoms with Gasteiger partial charge in [-0.1, -0.05) is 50.2 Å². The smallest absolute Gasteiger partial charge is 0.119 e. The number of hydrogen-bond donors (Lipinski definition) is 2. The fraction of sp³-hybridized carbons (Fsp3) is 0.333. The second-order valence-corrected chi connectivity index (χ2v) is 5.44. The van der Waals surface area contributed by atoms with Crippen LogP contribution in [0.25, 0.3) is 0 Å². The third-order valence-electron chi connectivity index (χ3n) is 3.25. The molecule has 2 rings (SSSR count). The molecule has 3 nitrogen and oxygen atoms in total. The molecule has 2 aromatic rings. The van der Waals surface area contributed by atoms with Crippen molar-refractivity contribution < 1.29 is 9.84 Å². The molecular formula is C18H23NO2. The Morgan fingerprint density at radius 3 is 2.05 bits per heavy atom. The standard InChI is InChI=1S/C18H23NO2/c1-14(2)19-11-15-7-9-18(10-8-15)21-13-17-5-3-16(12-20)4-6-17/h3-10,14,19-20H,11-13H2,1-2H3. The lowest BCUT2D eigenvalue weighted by Crippen LogP contribution is -2.21. The Hall–Kier alpha value is -1.84. The summed E-state index contributed by atoms with van der Waals surface area (Å²) in [5.74, 6) is 0.870. The van der Waals surface area contributed by atoms with Crippen LogP contribution >= 0.6 is 0 Å². The zero-order chi connectivity index (χ0) is 15.1. The molecule has 3 heteroatoms. The zero-order valence-corrected chi connectivity index (χ0v) is 12.7. The lowest BCUT2D eigenvalue weighted by Gasteiger charge is -2.10. The average molecular weight is 285 g/mol. The molecule has 21 heavy (non-hydrogen) atoms. The van der Waals surface area contributed by atoms with Crippen LogP contribution in [0.4, 0.5) is 0 Å². The predicted molar refractivity (Wildman–Crippen MR) is 85.1 cm³/mol. The first-order chi connectivity index (χ1) is 10.2. The highest BCUT2D eigenvalue weighted by molar-refractivity contribution is 5.28. The van der Waals surface area contributed by atoms with E-state index in [1.165, 1.54) is 5.56 Å². The van der Waals surface area contributed by atoms with Crippen LogP contribution in [0.2, 0.25) is 0 Å². The summed E-state index contributed by atoms with van der Waals surface area (Å²) in [5.41, 5.74) is 3.27. The largest absolute Gasteiger partial charge is 0.489 e. The van der Waals surface area contributed by atoms with Gasteiger partial charge in [-0.2, -0.15) is 0 Å². The van der Waals surface area contributed by atoms with Crippen molar-refractivity contribution in [2.45, 2.75) is 39.6 Å². The number of hydrogen-bond acceptors (Lipinski definition) is 3. The van der Waals surface area contributed by atoms with Gasteiger partial charge in [0.25, 0.3) is 0 Å². The first-order valence-electron chi connectivity index (χ1n) is 7.31. The Kier molecular flexibility index (Phi) is 5.78. The first kappa shape index (κ1) is 15.5. The van der Waals surface area contributed by atoms with Crippen molar-refractivity contribution in [1.29, 1.82) is 0 Å². The van der Waals surface area contributed by atoms with Crippen molar-refractivity contribution in [3.63, 3.8) is 0 Å². The number of rotatable bonds is 7. The summed E-state index contributed by atoms with van der Waals surface area (Å²) in [6.45, 7) is 5.77. The number of aliphatic hydroxyl groups is 1. The highest BCUT2D eigenvalue weighted by Gasteiger charge is 1.99. The van der Waals surface area contributed by atoms with Crippen LogP contribution in [0, 0.1) is 0 Å². The number of benzene rings is 2. The minimum Gasteiger partial charge on any atom is -0.489 e. The number of ether oxygens (including phenoxy) is 1. The van der Waals surface area contributed by atoms with Gasteiger partial charge in [0.2, 0.25) is 0 Å². The van der Waals surface area contributed by atoms with Gasteiger partial charge in [-0.15, -0.1) is 0 Å². The van der Waals surface area contributed by atoms with Crippen molar-refractivity contribution >= 4 is 0 Å². The summed E-state index contributed by atoms with van der Waals surface area (Å²) in [6, 6.07) is 16.4. The molecule has 2 aromatic carbocycles. The van der Waals surface area contributed by atoms with E-state index in [0.29, 0.717) is 12.6 Å². The molecule has 0 aliphatic heterocycles. The molecule has 112 valence electrons. The summed E-state index contributed by atoms with van der Waals surface area (Å²) in [7, 11) is 0. The molecule has 0 atom stereocenters. The number of nitrogens with one attached hydrogen (secondary N) is 1. The van der Waals surface area contributed by atoms with E-state index in [9.17, 15) is 0 Å². The molecule has 0 fully saturated rings. The van der Waals surface area contributed by atoms with Gasteiger partial charge < -0.3 is 15.2 Å². The van der Waals surface area contributed by atoms with Crippen LogP contribution in [0.1, 0.15) is 30.5 Å². The van der Waals surface area contributed by atoms with Crippen molar-refractivity contribution in [3.8, 4) is 5.75 Å². The van der Waals surface area contributed by atoms with E-state index in [0.717, 1.165) is 23.4 Å². The van der Waals surface area contributed by atoms with Gasteiger partial charge in [0.15, 0.2) is 0 Å². The molecule has 2 N–H and O–H groups in total. The van der Waals surface area contributed by atoms with Crippen molar-refractivity contribution in [3.05, 3.63) is 65.2 Å². The Labute approximate surface area is 126 Å². The Morgan fingerprint density at radius 2 is 1.48 bits per heavy atom. The number of aliphatic hydroxyl groups excluding tert-OH is 1. The summed E-state index contributed by atoms with van der Waals surface area (Å²) >= 11 is 0. The lowest BCUT2D eigenvalue weighted by atomic mass is 10.1. The summed E-state index contributed by atoms with van der Waals surface area (Å²) in [4.78, 5) is 0. The predicted octanol–water partition coefficient (Wildman–Crippen LogP) is 3.26. The molecule has 0 bridgehead atoms. The van der Waals surface area contributed by atoms with Crippen LogP contribution in [-0.4, -0.2) is 11.1 Å². The Morgan fingerprint density at radius 1 is 0.905 bits per heavy atom. The van der Waals surface area contributed by atoms with Gasteiger partial charge in [0, 0.05) is 12.6 Å². The summed E-state index contributed by atoms with van der Waals surface area (Å²) in [6.07, 6.45) is 0. The lowest BCUT2D eigenvalue weighted by molar-refractivity contribution is 0.281. The van der Waals surface area contributed by atoms with Crippen LogP contribution < -0.4 is 10.1 Å². The van der Waals surface area contributed by atoms with Gasteiger partial charge in [-0.25, -0.2) is 0 Å². The normalized spacial score (nSPS) is 10.9. The average Bonchev–Trinajstić information content (AvgIpc) is 2.52. The molecule has 0 aliphatic rings. The van der Waals surface area contributed by atoms with E-state index < -0.39 is 0 Å². The summed E-state index contributed by atoms with van der Waals surface area (Å²) in [5, 5.41) is 12.4. The maximum Gasteiger partial charge on any atom is 0.119 e. The molecule has 0 radical (unpaired) electrons. The van der Waals surface area contributed by atoms with E-state index in [4.69, 9.17) is 9.84 Å². The van der Waals surface area contributed by atoms with Gasteiger partial charge in [0.05, 0.1) is 6.61 Å². The first-order valence-corrected chi connectivity index (χ1v) is 7.31. The van der Waals surface area contributed by atoms with E-state index in [-0.39, 0.29) is 6.61 Å². The third-order valence-corrected chi connectivity index (χ3v) is 3.25. The van der Waals surface area contributed by atoms with Crippen molar-refractivity contribution in [2.75, 3.05) is 0 Å². The zero-order valence-electron chi connectivity index (χ0n) is 12.7. The molecule has 0 aromatic heterocycles. The SMILES string of the molecule is CC(C)NCc1ccc(OCc2ccc(CO)cc2)cc1. The maximum atomic E-state index is 9.00. The van der Waals surface area contributed by atoms with Crippen molar-refractivity contribution in [1.82, 2.24) is 5.32 Å². The van der Waals surface area contributed by atoms with Crippen LogP contribution in [0.3, 0.4) is 0 Å². The Balaban J connectivity index is 1.85. The van der Waals surface area contributed by atoms with Crippen LogP contribution in [0.15, 0.2) is 48.5 Å². The van der Waals surface area contributed by atoms with Gasteiger partial charge in [-0.05, 0) is 28.8 Å². The van der Waals surface area contributed by atoms with Gasteiger partial charge >= 0.3 is 0 Å². The quantitative estimate of drug-likeness (QED) is 0.820. The third kappa shape index (κ3) is 5.21. The molecule has 0 saturated carbocycles. The van der Waals surface area contributed by atoms with Gasteiger partial charge in [-0.3, -0.25) is 0 Å².